The van der Waals surface area contributed by atoms with Gasteiger partial charge in [-0.1, -0.05) is 0 Å². The van der Waals surface area contributed by atoms with Crippen molar-refractivity contribution in [2.75, 3.05) is 0 Å². The molecule has 0 aliphatic carbocycles. The summed E-state index contributed by atoms with van der Waals surface area (Å²) in [6, 6.07) is 4.39. The van der Waals surface area contributed by atoms with Gasteiger partial charge in [0.25, 0.3) is 5.56 Å². The summed E-state index contributed by atoms with van der Waals surface area (Å²) in [7, 11) is 0. The van der Waals surface area contributed by atoms with Gasteiger partial charge < -0.3 is 8.98 Å². The molecule has 0 radical (unpaired) electrons. The molecule has 0 saturated heterocycles. The summed E-state index contributed by atoms with van der Waals surface area (Å²) in [5.74, 6) is 0.565. The van der Waals surface area contributed by atoms with Crippen molar-refractivity contribution in [1.29, 1.82) is 0 Å². The van der Waals surface area contributed by atoms with E-state index in [1.54, 1.807) is 6.07 Å². The lowest BCUT2D eigenvalue weighted by Crippen LogP contribution is -2.38. The first-order valence-corrected chi connectivity index (χ1v) is 5.50. The second-order valence-corrected chi connectivity index (χ2v) is 3.73. The van der Waals surface area contributed by atoms with E-state index in [-0.39, 0.29) is 12.3 Å². The average Bonchev–Trinajstić information content (AvgIpc) is 2.82. The topological polar surface area (TPSA) is 74.2 Å². The molecule has 2 aromatic rings. The predicted molar refractivity (Wildman–Crippen MR) is 63.8 cm³/mol. The van der Waals surface area contributed by atoms with Gasteiger partial charge >= 0.3 is 5.69 Å². The number of aryl methyl sites for hydroxylation is 1. The molecule has 0 fully saturated rings. The number of hydrogen-bond acceptors (Lipinski definition) is 4. The van der Waals surface area contributed by atoms with Crippen LogP contribution in [0.15, 0.2) is 38.4 Å². The van der Waals surface area contributed by atoms with E-state index in [1.165, 1.54) is 22.9 Å². The van der Waals surface area contributed by atoms with Crippen LogP contribution in [0, 0.1) is 0 Å². The lowest BCUT2D eigenvalue weighted by Gasteiger charge is -2.06. The van der Waals surface area contributed by atoms with Gasteiger partial charge in [0.2, 0.25) is 0 Å². The zero-order chi connectivity index (χ0) is 13.1. The van der Waals surface area contributed by atoms with Crippen LogP contribution >= 0.6 is 0 Å². The van der Waals surface area contributed by atoms with Gasteiger partial charge in [0.15, 0.2) is 12.0 Å². The van der Waals surface area contributed by atoms with Crippen LogP contribution < -0.4 is 11.2 Å². The van der Waals surface area contributed by atoms with Gasteiger partial charge in [-0.2, -0.15) is 0 Å². The van der Waals surface area contributed by atoms with E-state index in [0.717, 1.165) is 4.57 Å². The molecule has 0 saturated carbocycles. The molecule has 6 heteroatoms. The lowest BCUT2D eigenvalue weighted by atomic mass is 10.4. The van der Waals surface area contributed by atoms with Crippen LogP contribution in [0.4, 0.5) is 0 Å². The second-order valence-electron chi connectivity index (χ2n) is 3.73. The molecular weight excluding hydrogens is 236 g/mol. The fraction of sp³-hybridized carbons (Fsp3) is 0.250. The second kappa shape index (κ2) is 4.87. The monoisotopic (exact) mass is 248 g/mol. The number of rotatable bonds is 4. The molecule has 0 unspecified atom stereocenters. The number of aldehydes is 1. The Balaban J connectivity index is 2.42. The first-order valence-electron chi connectivity index (χ1n) is 5.50. The van der Waals surface area contributed by atoms with Crippen molar-refractivity contribution in [2.24, 2.45) is 0 Å². The summed E-state index contributed by atoms with van der Waals surface area (Å²) < 4.78 is 7.63. The molecule has 0 atom stereocenters. The third kappa shape index (κ3) is 2.17. The number of furan rings is 1. The predicted octanol–water partition coefficient (Wildman–Crippen LogP) is 0.484. The molecule has 0 aliphatic rings. The van der Waals surface area contributed by atoms with E-state index >= 15 is 0 Å². The molecule has 0 bridgehead atoms. The summed E-state index contributed by atoms with van der Waals surface area (Å²) in [6.45, 7) is 2.32. The van der Waals surface area contributed by atoms with E-state index < -0.39 is 11.2 Å². The minimum atomic E-state index is -0.395. The lowest BCUT2D eigenvalue weighted by molar-refractivity contribution is 0.109. The molecule has 0 N–H and O–H groups in total. The average molecular weight is 248 g/mol. The first-order chi connectivity index (χ1) is 8.65. The maximum Gasteiger partial charge on any atom is 0.331 e. The van der Waals surface area contributed by atoms with Crippen molar-refractivity contribution >= 4 is 6.29 Å². The molecular formula is C12H12N2O4. The number of carbonyl (C=O) groups excluding carboxylic acids is 1. The number of aromatic nitrogens is 2. The highest BCUT2D eigenvalue weighted by Gasteiger charge is 2.08. The Kier molecular flexibility index (Phi) is 3.27. The van der Waals surface area contributed by atoms with E-state index in [1.807, 2.05) is 6.92 Å². The molecule has 2 rings (SSSR count). The molecule has 18 heavy (non-hydrogen) atoms. The van der Waals surface area contributed by atoms with Crippen LogP contribution in [0.5, 0.6) is 0 Å². The number of nitrogens with zero attached hydrogens (tertiary/aromatic N) is 2. The minimum Gasteiger partial charge on any atom is -0.456 e. The molecule has 6 nitrogen and oxygen atoms in total. The largest absolute Gasteiger partial charge is 0.456 e. The zero-order valence-corrected chi connectivity index (χ0v) is 9.83. The Morgan fingerprint density at radius 3 is 2.67 bits per heavy atom. The maximum atomic E-state index is 11.9. The number of carbonyl (C=O) groups is 1. The van der Waals surface area contributed by atoms with Crippen LogP contribution in [0.3, 0.4) is 0 Å². The zero-order valence-electron chi connectivity index (χ0n) is 9.83. The minimum absolute atomic E-state index is 0.0202. The van der Waals surface area contributed by atoms with E-state index in [0.29, 0.717) is 18.6 Å². The smallest absolute Gasteiger partial charge is 0.331 e. The fourth-order valence-electron chi connectivity index (χ4n) is 1.64. The molecule has 0 aliphatic heterocycles. The van der Waals surface area contributed by atoms with Crippen molar-refractivity contribution in [3.8, 4) is 0 Å². The molecule has 2 heterocycles. The van der Waals surface area contributed by atoms with E-state index in [2.05, 4.69) is 0 Å². The molecule has 0 aromatic carbocycles. The third-order valence-electron chi connectivity index (χ3n) is 2.59. The van der Waals surface area contributed by atoms with E-state index in [9.17, 15) is 14.4 Å². The Morgan fingerprint density at radius 1 is 1.28 bits per heavy atom. The van der Waals surface area contributed by atoms with Crippen molar-refractivity contribution < 1.29 is 9.21 Å². The van der Waals surface area contributed by atoms with Gasteiger partial charge in [0.05, 0.1) is 6.54 Å². The van der Waals surface area contributed by atoms with Crippen molar-refractivity contribution in [3.63, 3.8) is 0 Å². The normalized spacial score (nSPS) is 10.5. The molecule has 2 aromatic heterocycles. The Bertz CT molecular complexity index is 678. The fourth-order valence-corrected chi connectivity index (χ4v) is 1.64. The van der Waals surface area contributed by atoms with Gasteiger partial charge in [-0.15, -0.1) is 0 Å². The van der Waals surface area contributed by atoms with Crippen molar-refractivity contribution in [3.05, 3.63) is 56.8 Å². The molecule has 94 valence electrons. The highest BCUT2D eigenvalue weighted by atomic mass is 16.3. The summed E-state index contributed by atoms with van der Waals surface area (Å²) in [5.41, 5.74) is -0.789. The van der Waals surface area contributed by atoms with Gasteiger partial charge in [-0.25, -0.2) is 4.79 Å². The first kappa shape index (κ1) is 12.1. The van der Waals surface area contributed by atoms with Crippen LogP contribution in [-0.2, 0) is 13.1 Å². The third-order valence-corrected chi connectivity index (χ3v) is 2.59. The molecule has 0 spiro atoms. The van der Waals surface area contributed by atoms with Crippen molar-refractivity contribution in [1.82, 2.24) is 9.13 Å². The van der Waals surface area contributed by atoms with Crippen LogP contribution in [-0.4, -0.2) is 15.4 Å². The van der Waals surface area contributed by atoms with E-state index in [4.69, 9.17) is 4.42 Å². The summed E-state index contributed by atoms with van der Waals surface area (Å²) in [4.78, 5) is 34.0. The van der Waals surface area contributed by atoms with Gasteiger partial charge in [-0.3, -0.25) is 14.2 Å². The summed E-state index contributed by atoms with van der Waals surface area (Å²) in [5, 5.41) is 0. The van der Waals surface area contributed by atoms with Crippen LogP contribution in [0.2, 0.25) is 0 Å². The summed E-state index contributed by atoms with van der Waals surface area (Å²) >= 11 is 0. The number of hydrogen-bond donors (Lipinski definition) is 0. The summed E-state index contributed by atoms with van der Waals surface area (Å²) in [6.07, 6.45) is 2.03. The van der Waals surface area contributed by atoms with Gasteiger partial charge in [-0.05, 0) is 19.1 Å². The quantitative estimate of drug-likeness (QED) is 0.738. The highest BCUT2D eigenvalue weighted by Crippen LogP contribution is 2.05. The Hall–Kier alpha value is -2.37. The molecule has 0 amide bonds. The maximum absolute atomic E-state index is 11.9. The van der Waals surface area contributed by atoms with Gasteiger partial charge in [0.1, 0.15) is 5.76 Å². The van der Waals surface area contributed by atoms with Crippen LogP contribution in [0.1, 0.15) is 23.2 Å². The Labute approximate surface area is 102 Å². The van der Waals surface area contributed by atoms with Crippen LogP contribution in [0.25, 0.3) is 0 Å². The highest BCUT2D eigenvalue weighted by molar-refractivity contribution is 5.70. The van der Waals surface area contributed by atoms with Gasteiger partial charge in [0, 0.05) is 18.8 Å². The SMILES string of the molecule is CCn1ccc(=O)n(Cc2ccc(C=O)o2)c1=O. The standard InChI is InChI=1S/C12H12N2O4/c1-2-13-6-5-11(16)14(12(13)17)7-9-3-4-10(8-15)18-9/h3-6,8H,2,7H2,1H3. The Morgan fingerprint density at radius 2 is 2.06 bits per heavy atom. The van der Waals surface area contributed by atoms with Crippen molar-refractivity contribution in [2.45, 2.75) is 20.0 Å².